The summed E-state index contributed by atoms with van der Waals surface area (Å²) in [6, 6.07) is 0. The summed E-state index contributed by atoms with van der Waals surface area (Å²) in [6.07, 6.45) is 2.78. The summed E-state index contributed by atoms with van der Waals surface area (Å²) in [4.78, 5) is 0. The first-order valence-corrected chi connectivity index (χ1v) is 7.58. The highest BCUT2D eigenvalue weighted by Gasteiger charge is 2.33. The van der Waals surface area contributed by atoms with Gasteiger partial charge in [-0.1, -0.05) is 6.92 Å². The lowest BCUT2D eigenvalue weighted by atomic mass is 9.90. The van der Waals surface area contributed by atoms with E-state index in [4.69, 9.17) is 0 Å². The molecule has 2 heteroatoms. The van der Waals surface area contributed by atoms with Gasteiger partial charge in [0.25, 0.3) is 0 Å². The van der Waals surface area contributed by atoms with Crippen molar-refractivity contribution in [2.24, 2.45) is 17.8 Å². The van der Waals surface area contributed by atoms with E-state index >= 15 is 0 Å². The van der Waals surface area contributed by atoms with Crippen LogP contribution in [0.15, 0.2) is 0 Å². The van der Waals surface area contributed by atoms with Crippen molar-refractivity contribution in [3.63, 3.8) is 0 Å². The summed E-state index contributed by atoms with van der Waals surface area (Å²) in [5.41, 5.74) is 0.503. The summed E-state index contributed by atoms with van der Waals surface area (Å²) < 4.78 is 0. The monoisotopic (exact) mass is 254 g/mol. The first-order valence-electron chi connectivity index (χ1n) is 7.58. The molecule has 2 nitrogen and oxygen atoms in total. The highest BCUT2D eigenvalue weighted by molar-refractivity contribution is 4.87. The summed E-state index contributed by atoms with van der Waals surface area (Å²) in [5.74, 6) is 2.56. The minimum absolute atomic E-state index is 0.251. The fourth-order valence-corrected chi connectivity index (χ4v) is 2.79. The van der Waals surface area contributed by atoms with E-state index in [2.05, 4.69) is 59.1 Å². The van der Waals surface area contributed by atoms with Gasteiger partial charge in [-0.2, -0.15) is 0 Å². The third kappa shape index (κ3) is 5.71. The molecule has 0 aromatic carbocycles. The van der Waals surface area contributed by atoms with Crippen LogP contribution in [0.25, 0.3) is 0 Å². The molecule has 2 N–H and O–H groups in total. The van der Waals surface area contributed by atoms with Gasteiger partial charge in [-0.05, 0) is 85.2 Å². The van der Waals surface area contributed by atoms with Crippen LogP contribution in [-0.4, -0.2) is 24.2 Å². The Kier molecular flexibility index (Phi) is 5.25. The first-order chi connectivity index (χ1) is 8.08. The minimum Gasteiger partial charge on any atom is -0.312 e. The molecule has 1 aliphatic rings. The Morgan fingerprint density at radius 2 is 1.11 bits per heavy atom. The zero-order valence-corrected chi connectivity index (χ0v) is 13.6. The van der Waals surface area contributed by atoms with Crippen molar-refractivity contribution in [1.82, 2.24) is 10.6 Å². The van der Waals surface area contributed by atoms with Crippen LogP contribution in [0.5, 0.6) is 0 Å². The Hall–Kier alpha value is -0.0800. The highest BCUT2D eigenvalue weighted by atomic mass is 15.0. The lowest BCUT2D eigenvalue weighted by Crippen LogP contribution is -2.42. The minimum atomic E-state index is 0.251. The van der Waals surface area contributed by atoms with Crippen molar-refractivity contribution in [2.45, 2.75) is 72.4 Å². The van der Waals surface area contributed by atoms with Crippen LogP contribution in [-0.2, 0) is 0 Å². The third-order valence-electron chi connectivity index (χ3n) is 4.18. The molecule has 108 valence electrons. The van der Waals surface area contributed by atoms with Crippen molar-refractivity contribution in [2.75, 3.05) is 13.1 Å². The molecule has 0 aromatic rings. The van der Waals surface area contributed by atoms with Gasteiger partial charge in [-0.25, -0.2) is 0 Å². The molecule has 1 saturated carbocycles. The van der Waals surface area contributed by atoms with E-state index in [9.17, 15) is 0 Å². The van der Waals surface area contributed by atoms with E-state index in [1.54, 1.807) is 0 Å². The van der Waals surface area contributed by atoms with Gasteiger partial charge < -0.3 is 10.6 Å². The molecule has 1 fully saturated rings. The van der Waals surface area contributed by atoms with E-state index in [1.807, 2.05) is 0 Å². The van der Waals surface area contributed by atoms with Crippen molar-refractivity contribution in [1.29, 1.82) is 0 Å². The SMILES string of the molecule is CC1C(CNC(C)(C)C)CCC1CNC(C)(C)C. The van der Waals surface area contributed by atoms with Gasteiger partial charge in [0.15, 0.2) is 0 Å². The van der Waals surface area contributed by atoms with E-state index < -0.39 is 0 Å². The molecule has 0 aromatic heterocycles. The van der Waals surface area contributed by atoms with Gasteiger partial charge in [0.05, 0.1) is 0 Å². The molecular formula is C16H34N2. The smallest absolute Gasteiger partial charge is 0.00966 e. The normalized spacial score (nSPS) is 29.8. The maximum atomic E-state index is 3.67. The molecule has 0 radical (unpaired) electrons. The second kappa shape index (κ2) is 5.92. The Labute approximate surface area is 114 Å². The van der Waals surface area contributed by atoms with E-state index in [1.165, 1.54) is 25.9 Å². The molecule has 2 unspecified atom stereocenters. The summed E-state index contributed by atoms with van der Waals surface area (Å²) >= 11 is 0. The van der Waals surface area contributed by atoms with Crippen LogP contribution in [0.3, 0.4) is 0 Å². The zero-order chi connectivity index (χ0) is 14.0. The second-order valence-electron chi connectivity index (χ2n) is 8.22. The number of hydrogen-bond donors (Lipinski definition) is 2. The van der Waals surface area contributed by atoms with Crippen LogP contribution < -0.4 is 10.6 Å². The predicted octanol–water partition coefficient (Wildman–Crippen LogP) is 3.42. The quantitative estimate of drug-likeness (QED) is 0.803. The van der Waals surface area contributed by atoms with Crippen molar-refractivity contribution in [3.05, 3.63) is 0 Å². The predicted molar refractivity (Wildman–Crippen MR) is 80.9 cm³/mol. The topological polar surface area (TPSA) is 24.1 Å². The maximum Gasteiger partial charge on any atom is 0.00966 e. The second-order valence-corrected chi connectivity index (χ2v) is 8.22. The molecule has 1 aliphatic carbocycles. The van der Waals surface area contributed by atoms with Crippen LogP contribution >= 0.6 is 0 Å². The third-order valence-corrected chi connectivity index (χ3v) is 4.18. The van der Waals surface area contributed by atoms with Gasteiger partial charge in [0.2, 0.25) is 0 Å². The van der Waals surface area contributed by atoms with Gasteiger partial charge in [0.1, 0.15) is 0 Å². The largest absolute Gasteiger partial charge is 0.312 e. The Balaban J connectivity index is 2.35. The van der Waals surface area contributed by atoms with Gasteiger partial charge in [0, 0.05) is 11.1 Å². The lowest BCUT2D eigenvalue weighted by Gasteiger charge is -2.28. The zero-order valence-electron chi connectivity index (χ0n) is 13.6. The highest BCUT2D eigenvalue weighted by Crippen LogP contribution is 2.36. The molecule has 2 atom stereocenters. The van der Waals surface area contributed by atoms with E-state index in [-0.39, 0.29) is 11.1 Å². The van der Waals surface area contributed by atoms with Crippen molar-refractivity contribution in [3.8, 4) is 0 Å². The Bertz CT molecular complexity index is 221. The maximum absolute atomic E-state index is 3.67. The van der Waals surface area contributed by atoms with E-state index in [0.29, 0.717) is 0 Å². The number of hydrogen-bond acceptors (Lipinski definition) is 2. The fourth-order valence-electron chi connectivity index (χ4n) is 2.79. The molecule has 18 heavy (non-hydrogen) atoms. The van der Waals surface area contributed by atoms with Gasteiger partial charge in [-0.15, -0.1) is 0 Å². The summed E-state index contributed by atoms with van der Waals surface area (Å²) in [7, 11) is 0. The molecule has 0 bridgehead atoms. The lowest BCUT2D eigenvalue weighted by molar-refractivity contribution is 0.276. The molecule has 0 heterocycles. The van der Waals surface area contributed by atoms with E-state index in [0.717, 1.165) is 17.8 Å². The summed E-state index contributed by atoms with van der Waals surface area (Å²) in [5, 5.41) is 7.33. The number of nitrogens with one attached hydrogen (secondary N) is 2. The molecule has 0 aliphatic heterocycles. The molecule has 0 spiro atoms. The standard InChI is InChI=1S/C16H34N2/c1-12-13(10-17-15(2,3)4)8-9-14(12)11-18-16(5,6)7/h12-14,17-18H,8-11H2,1-7H3. The molecule has 0 amide bonds. The Morgan fingerprint density at radius 1 is 0.778 bits per heavy atom. The van der Waals surface area contributed by atoms with Crippen molar-refractivity contribution < 1.29 is 0 Å². The van der Waals surface area contributed by atoms with Crippen LogP contribution in [0.4, 0.5) is 0 Å². The van der Waals surface area contributed by atoms with Gasteiger partial charge >= 0.3 is 0 Å². The van der Waals surface area contributed by atoms with Crippen molar-refractivity contribution >= 4 is 0 Å². The van der Waals surface area contributed by atoms with Gasteiger partial charge in [-0.3, -0.25) is 0 Å². The summed E-state index contributed by atoms with van der Waals surface area (Å²) in [6.45, 7) is 18.3. The Morgan fingerprint density at radius 3 is 1.39 bits per heavy atom. The first kappa shape index (κ1) is 16.0. The average molecular weight is 254 g/mol. The number of rotatable bonds is 4. The van der Waals surface area contributed by atoms with Crippen LogP contribution in [0.2, 0.25) is 0 Å². The molecule has 0 saturated heterocycles. The molecule has 1 rings (SSSR count). The average Bonchev–Trinajstić information content (AvgIpc) is 2.51. The van der Waals surface area contributed by atoms with Crippen LogP contribution in [0, 0.1) is 17.8 Å². The fraction of sp³-hybridized carbons (Fsp3) is 1.00. The van der Waals surface area contributed by atoms with Crippen LogP contribution in [0.1, 0.15) is 61.3 Å². The molecular weight excluding hydrogens is 220 g/mol.